The molecule has 5 aromatic heterocycles. The Hall–Kier alpha value is -7.63. The molecule has 0 saturated carbocycles. The molecule has 0 aliphatic carbocycles. The monoisotopic (exact) mass is 1090 g/mol. The van der Waals surface area contributed by atoms with E-state index >= 15 is 0 Å². The standard InChI is InChI=1S/C31H15N9.C12H17N7O8S3.C2H6.Cu/c1-2-9-17-16(8-1)24-33-25(17)35-27-20-12-5-6-13-21(20)29(37-27)39-31-23-22(14-7-15-32-23)30(40-31)38-28-19-11-4-3-10-18(19)26(34-24)36-28;1-29(21,22)15-5-4-14-11-17-10(13)18-12(19-11)16-8-6-7(30(23,24)25)2-3-9(8)28-27-26-20;1-2;/h1-15H;2-3,6,15,20H,4-5H2,1H3,(H,23,24,25)(H4,13,14,16,17,18,19);1-2H3;/q-2;;;+2. The van der Waals surface area contributed by atoms with Gasteiger partial charge in [-0.25, -0.2) is 28.4 Å². The molecule has 4 aromatic carbocycles. The van der Waals surface area contributed by atoms with Gasteiger partial charge in [-0.05, 0) is 51.9 Å². The Morgan fingerprint density at radius 1 is 0.630 bits per heavy atom. The summed E-state index contributed by atoms with van der Waals surface area (Å²) in [4.78, 5) is 55.1. The second-order valence-electron chi connectivity index (χ2n) is 14.9. The minimum absolute atomic E-state index is 0. The number of nitrogens with zero attached hydrogens (tertiary/aromatic N) is 12. The van der Waals surface area contributed by atoms with Gasteiger partial charge in [0.15, 0.2) is 0 Å². The van der Waals surface area contributed by atoms with Gasteiger partial charge in [0.05, 0.1) is 51.3 Å². The predicted molar refractivity (Wildman–Crippen MR) is 269 cm³/mol. The van der Waals surface area contributed by atoms with E-state index in [2.05, 4.69) is 44.7 Å². The Bertz CT molecular complexity index is 3620. The zero-order valence-corrected chi connectivity index (χ0v) is 41.5. The zero-order chi connectivity index (χ0) is 50.6. The third-order valence-corrected chi connectivity index (χ3v) is 12.5. The zero-order valence-electron chi connectivity index (χ0n) is 38.1. The van der Waals surface area contributed by atoms with Gasteiger partial charge in [-0.1, -0.05) is 91.7 Å². The van der Waals surface area contributed by atoms with E-state index in [0.717, 1.165) is 56.6 Å². The molecule has 0 amide bonds. The van der Waals surface area contributed by atoms with E-state index in [1.807, 2.05) is 98.8 Å². The van der Waals surface area contributed by atoms with Gasteiger partial charge in [-0.2, -0.15) is 23.4 Å². The molecule has 2 aliphatic heterocycles. The molecule has 24 nitrogen and oxygen atoms in total. The van der Waals surface area contributed by atoms with Gasteiger partial charge < -0.3 is 46.3 Å². The molecule has 8 bridgehead atoms. The van der Waals surface area contributed by atoms with Crippen LogP contribution < -0.4 is 31.1 Å². The van der Waals surface area contributed by atoms with Crippen LogP contribution in [0.15, 0.2) is 119 Å². The first-order valence-corrected chi connectivity index (χ1v) is 25.5. The predicted octanol–water partition coefficient (Wildman–Crippen LogP) is 6.38. The Morgan fingerprint density at radius 3 is 1.68 bits per heavy atom. The fourth-order valence-electron chi connectivity index (χ4n) is 7.28. The number of sulfonamides is 1. The fourth-order valence-corrected chi connectivity index (χ4v) is 8.69. The van der Waals surface area contributed by atoms with Crippen LogP contribution in [0.4, 0.5) is 23.5 Å². The number of rotatable bonds is 11. The van der Waals surface area contributed by atoms with E-state index in [1.165, 1.54) is 6.07 Å². The summed E-state index contributed by atoms with van der Waals surface area (Å²) in [7, 11) is -7.87. The summed E-state index contributed by atoms with van der Waals surface area (Å²) in [6, 6.07) is 30.9. The Balaban J connectivity index is 0.000000195. The van der Waals surface area contributed by atoms with Crippen LogP contribution in [-0.2, 0) is 46.6 Å². The van der Waals surface area contributed by atoms with Crippen LogP contribution in [0.3, 0.4) is 0 Å². The summed E-state index contributed by atoms with van der Waals surface area (Å²) < 4.78 is 60.7. The third-order valence-electron chi connectivity index (χ3n) is 10.3. The second-order valence-corrected chi connectivity index (χ2v) is 18.9. The number of benzene rings is 4. The maximum absolute atomic E-state index is 11.4. The first kappa shape index (κ1) is 51.7. The van der Waals surface area contributed by atoms with Crippen molar-refractivity contribution in [3.8, 4) is 45.7 Å². The van der Waals surface area contributed by atoms with E-state index in [1.54, 1.807) is 6.20 Å². The summed E-state index contributed by atoms with van der Waals surface area (Å²) >= 11 is 0.519. The van der Waals surface area contributed by atoms with E-state index in [4.69, 9.17) is 50.9 Å². The third kappa shape index (κ3) is 11.5. The first-order valence-electron chi connectivity index (χ1n) is 21.5. The number of nitrogens with one attached hydrogen (secondary N) is 3. The molecule has 7 heterocycles. The number of aromatic nitrogens is 12. The number of pyridine rings is 1. The molecule has 375 valence electrons. The maximum atomic E-state index is 11.4. The van der Waals surface area contributed by atoms with Crippen molar-refractivity contribution in [3.63, 3.8) is 0 Å². The van der Waals surface area contributed by atoms with Crippen LogP contribution in [0.25, 0.3) is 89.8 Å². The van der Waals surface area contributed by atoms with Gasteiger partial charge in [-0.3, -0.25) is 9.54 Å². The largest absolute Gasteiger partial charge is 2.00 e. The van der Waals surface area contributed by atoms with Crippen molar-refractivity contribution >= 4 is 99.9 Å². The Morgan fingerprint density at radius 2 is 1.14 bits per heavy atom. The molecular formula is C45H38CuN16O8S3. The molecule has 0 unspecified atom stereocenters. The Labute approximate surface area is 429 Å². The van der Waals surface area contributed by atoms with Gasteiger partial charge in [-0.15, -0.1) is 4.33 Å². The summed E-state index contributed by atoms with van der Waals surface area (Å²) in [5.74, 6) is 1.72. The van der Waals surface area contributed by atoms with Gasteiger partial charge in [0.1, 0.15) is 11.5 Å². The number of anilines is 4. The van der Waals surface area contributed by atoms with Crippen molar-refractivity contribution < 1.29 is 53.1 Å². The van der Waals surface area contributed by atoms with Crippen LogP contribution in [0.2, 0.25) is 0 Å². The van der Waals surface area contributed by atoms with Crippen molar-refractivity contribution in [3.05, 3.63) is 109 Å². The summed E-state index contributed by atoms with van der Waals surface area (Å²) in [6.45, 7) is 4.19. The van der Waals surface area contributed by atoms with Crippen molar-refractivity contribution in [2.75, 3.05) is 35.7 Å². The van der Waals surface area contributed by atoms with Crippen molar-refractivity contribution in [1.82, 2.24) is 64.5 Å². The summed E-state index contributed by atoms with van der Waals surface area (Å²) in [5, 5.41) is 20.7. The minimum atomic E-state index is -4.52. The van der Waals surface area contributed by atoms with E-state index in [-0.39, 0.29) is 58.6 Å². The smallest absolute Gasteiger partial charge is 0.368 e. The molecule has 28 heteroatoms. The molecular weight excluding hydrogens is 1050 g/mol. The Kier molecular flexibility index (Phi) is 15.6. The van der Waals surface area contributed by atoms with Gasteiger partial charge in [0, 0.05) is 58.6 Å². The fraction of sp³-hybridized carbons (Fsp3) is 0.111. The van der Waals surface area contributed by atoms with Crippen LogP contribution in [-0.4, -0.2) is 95.8 Å². The molecule has 0 saturated heterocycles. The molecule has 73 heavy (non-hydrogen) atoms. The molecule has 0 spiro atoms. The normalized spacial score (nSPS) is 11.6. The minimum Gasteiger partial charge on any atom is -0.368 e. The number of hydrogen-bond donors (Lipinski definition) is 6. The number of hydrogen-bond acceptors (Lipinski definition) is 21. The summed E-state index contributed by atoms with van der Waals surface area (Å²) in [5.41, 5.74) is 11.0. The van der Waals surface area contributed by atoms with Crippen LogP contribution in [0.1, 0.15) is 13.8 Å². The van der Waals surface area contributed by atoms with Gasteiger partial charge in [0.2, 0.25) is 27.9 Å². The number of nitrogens with two attached hydrogens (primary N) is 1. The topological polar surface area (TPSA) is 346 Å². The maximum Gasteiger partial charge on any atom is 2.00 e. The van der Waals surface area contributed by atoms with Gasteiger partial charge in [0.25, 0.3) is 10.1 Å². The van der Waals surface area contributed by atoms with Crippen LogP contribution in [0, 0.1) is 0 Å². The van der Waals surface area contributed by atoms with E-state index in [9.17, 15) is 21.4 Å². The molecule has 0 fully saturated rings. The average Bonchev–Trinajstić information content (AvgIpc) is 4.11. The molecule has 7 N–H and O–H groups in total. The molecule has 0 atom stereocenters. The number of fused-ring (bicyclic) bond motifs is 20. The summed E-state index contributed by atoms with van der Waals surface area (Å²) in [6.07, 6.45) is 2.74. The van der Waals surface area contributed by atoms with Crippen molar-refractivity contribution in [2.45, 2.75) is 23.6 Å². The first-order chi connectivity index (χ1) is 34.8. The molecule has 2 aliphatic rings. The van der Waals surface area contributed by atoms with Gasteiger partial charge >= 0.3 is 17.1 Å². The van der Waals surface area contributed by atoms with Crippen LogP contribution in [0.5, 0.6) is 0 Å². The molecule has 11 rings (SSSR count). The average molecular weight is 1090 g/mol. The van der Waals surface area contributed by atoms with Crippen molar-refractivity contribution in [2.24, 2.45) is 0 Å². The molecule has 1 radical (unpaired) electrons. The van der Waals surface area contributed by atoms with Crippen molar-refractivity contribution in [1.29, 1.82) is 0 Å². The second kappa shape index (κ2) is 22.0. The number of nitrogen functional groups attached to an aromatic ring is 1. The van der Waals surface area contributed by atoms with Crippen LogP contribution >= 0.6 is 12.0 Å². The SMILES string of the molecule is CC.CS(=O)(=O)NCCNc1nc(N)nc(Nc2cc(S(=O)(=O)O)ccc2SOOO)n1.[Cu+2].c1ccc2c(c1)-c1nc-2nc2[n-]c(nc3nc(nc4[n-]c(n1)c1ccccc41)-c1cccnc1-3)c1ccccc21. The molecule has 9 aromatic rings. The van der Waals surface area contributed by atoms with E-state index in [0.29, 0.717) is 63.6 Å². The van der Waals surface area contributed by atoms with E-state index < -0.39 is 25.0 Å². The quantitative estimate of drug-likeness (QED) is 0.0204.